The lowest BCUT2D eigenvalue weighted by atomic mass is 10.1. The summed E-state index contributed by atoms with van der Waals surface area (Å²) in [5, 5.41) is 9.64. The van der Waals surface area contributed by atoms with Gasteiger partial charge in [-0.2, -0.15) is 0 Å². The van der Waals surface area contributed by atoms with Crippen molar-refractivity contribution in [3.63, 3.8) is 0 Å². The van der Waals surface area contributed by atoms with E-state index >= 15 is 0 Å². The van der Waals surface area contributed by atoms with Crippen molar-refractivity contribution in [3.8, 4) is 23.0 Å². The fraction of sp³-hybridized carbons (Fsp3) is 0.400. The van der Waals surface area contributed by atoms with Crippen LogP contribution in [0.4, 0.5) is 0 Å². The molecule has 0 radical (unpaired) electrons. The van der Waals surface area contributed by atoms with E-state index in [9.17, 15) is 0 Å². The van der Waals surface area contributed by atoms with Crippen LogP contribution in [0, 0.1) is 0 Å². The average Bonchev–Trinajstić information content (AvgIpc) is 3.38. The maximum atomic E-state index is 5.85. The Labute approximate surface area is 162 Å². The van der Waals surface area contributed by atoms with E-state index in [1.807, 2.05) is 47.9 Å². The Bertz CT molecular complexity index is 840. The van der Waals surface area contributed by atoms with Crippen molar-refractivity contribution >= 4 is 11.8 Å². The molecule has 0 saturated carbocycles. The first kappa shape index (κ1) is 18.1. The second kappa shape index (κ2) is 8.63. The fourth-order valence-electron chi connectivity index (χ4n) is 3.13. The molecule has 7 heteroatoms. The lowest BCUT2D eigenvalue weighted by molar-refractivity contribution is 0.0315. The Hall–Kier alpha value is -2.25. The summed E-state index contributed by atoms with van der Waals surface area (Å²) in [6, 6.07) is 11.7. The zero-order chi connectivity index (χ0) is 18.5. The standard InChI is InChI=1S/C20H23N3O3S/c1-2-24-16-10-8-15(9-11-16)23-19(18-7-5-13-26-18)21-22-20(23)27-14-17-6-3-4-12-25-17/h5,7-11,13,17H,2-4,6,12,14H2,1H3/t17-/m0/s1. The van der Waals surface area contributed by atoms with Crippen LogP contribution in [0.1, 0.15) is 26.2 Å². The molecule has 1 aliphatic rings. The lowest BCUT2D eigenvalue weighted by Gasteiger charge is -2.21. The van der Waals surface area contributed by atoms with E-state index in [0.717, 1.165) is 41.8 Å². The number of benzene rings is 1. The quantitative estimate of drug-likeness (QED) is 0.555. The van der Waals surface area contributed by atoms with Crippen LogP contribution < -0.4 is 4.74 Å². The van der Waals surface area contributed by atoms with Crippen molar-refractivity contribution in [2.75, 3.05) is 19.0 Å². The summed E-state index contributed by atoms with van der Waals surface area (Å²) in [5.74, 6) is 3.10. The molecule has 0 N–H and O–H groups in total. The largest absolute Gasteiger partial charge is 0.494 e. The van der Waals surface area contributed by atoms with Crippen LogP contribution in [0.3, 0.4) is 0 Å². The maximum Gasteiger partial charge on any atom is 0.205 e. The molecular weight excluding hydrogens is 362 g/mol. The third-order valence-electron chi connectivity index (χ3n) is 4.45. The minimum absolute atomic E-state index is 0.279. The summed E-state index contributed by atoms with van der Waals surface area (Å²) < 4.78 is 19.0. The first-order valence-electron chi connectivity index (χ1n) is 9.32. The zero-order valence-corrected chi connectivity index (χ0v) is 16.2. The van der Waals surface area contributed by atoms with Gasteiger partial charge in [0.25, 0.3) is 0 Å². The fourth-order valence-corrected chi connectivity index (χ4v) is 4.14. The molecule has 1 aliphatic heterocycles. The molecule has 6 nitrogen and oxygen atoms in total. The third-order valence-corrected chi connectivity index (χ3v) is 5.51. The Morgan fingerprint density at radius 3 is 2.78 bits per heavy atom. The highest BCUT2D eigenvalue weighted by atomic mass is 32.2. The molecule has 142 valence electrons. The number of ether oxygens (including phenoxy) is 2. The molecule has 0 bridgehead atoms. The van der Waals surface area contributed by atoms with Gasteiger partial charge in [-0.25, -0.2) is 0 Å². The molecule has 0 amide bonds. The average molecular weight is 385 g/mol. The molecule has 1 fully saturated rings. The van der Waals surface area contributed by atoms with Crippen molar-refractivity contribution in [2.45, 2.75) is 37.4 Å². The molecule has 1 saturated heterocycles. The van der Waals surface area contributed by atoms with Crippen LogP contribution in [-0.2, 0) is 4.74 Å². The summed E-state index contributed by atoms with van der Waals surface area (Å²) in [7, 11) is 0. The Morgan fingerprint density at radius 2 is 2.07 bits per heavy atom. The zero-order valence-electron chi connectivity index (χ0n) is 15.3. The molecule has 3 aromatic rings. The van der Waals surface area contributed by atoms with Crippen molar-refractivity contribution in [3.05, 3.63) is 42.7 Å². The smallest absolute Gasteiger partial charge is 0.205 e. The summed E-state index contributed by atoms with van der Waals surface area (Å²) >= 11 is 1.67. The highest BCUT2D eigenvalue weighted by Gasteiger charge is 2.20. The van der Waals surface area contributed by atoms with Crippen molar-refractivity contribution in [1.82, 2.24) is 14.8 Å². The van der Waals surface area contributed by atoms with E-state index in [2.05, 4.69) is 10.2 Å². The number of nitrogens with zero attached hydrogens (tertiary/aromatic N) is 3. The van der Waals surface area contributed by atoms with Crippen LogP contribution in [0.25, 0.3) is 17.3 Å². The highest BCUT2D eigenvalue weighted by molar-refractivity contribution is 7.99. The van der Waals surface area contributed by atoms with Crippen molar-refractivity contribution in [2.24, 2.45) is 0 Å². The topological polar surface area (TPSA) is 62.3 Å². The van der Waals surface area contributed by atoms with Gasteiger partial charge < -0.3 is 13.9 Å². The Kier molecular flexibility index (Phi) is 5.79. The molecule has 0 unspecified atom stereocenters. The molecule has 0 aliphatic carbocycles. The second-order valence-electron chi connectivity index (χ2n) is 6.35. The maximum absolute atomic E-state index is 5.85. The van der Waals surface area contributed by atoms with E-state index in [4.69, 9.17) is 13.9 Å². The molecule has 4 rings (SSSR count). The van der Waals surface area contributed by atoms with Crippen LogP contribution in [0.2, 0.25) is 0 Å². The monoisotopic (exact) mass is 385 g/mol. The SMILES string of the molecule is CCOc1ccc(-n2c(SC[C@@H]3CCCCO3)nnc2-c2ccco2)cc1. The van der Waals surface area contributed by atoms with Gasteiger partial charge in [0.15, 0.2) is 10.9 Å². The Balaban J connectivity index is 1.62. The van der Waals surface area contributed by atoms with Gasteiger partial charge in [0, 0.05) is 12.4 Å². The number of furan rings is 1. The van der Waals surface area contributed by atoms with E-state index in [0.29, 0.717) is 18.2 Å². The first-order valence-corrected chi connectivity index (χ1v) is 10.3. The summed E-state index contributed by atoms with van der Waals surface area (Å²) in [5.41, 5.74) is 0.974. The van der Waals surface area contributed by atoms with Gasteiger partial charge in [-0.1, -0.05) is 11.8 Å². The number of hydrogen-bond donors (Lipinski definition) is 0. The van der Waals surface area contributed by atoms with Crippen LogP contribution in [0.5, 0.6) is 5.75 Å². The number of thioether (sulfide) groups is 1. The molecular formula is C20H23N3O3S. The third kappa shape index (κ3) is 4.20. The number of aromatic nitrogens is 3. The first-order chi connectivity index (χ1) is 13.3. The molecule has 1 aromatic carbocycles. The predicted molar refractivity (Wildman–Crippen MR) is 105 cm³/mol. The Morgan fingerprint density at radius 1 is 1.19 bits per heavy atom. The van der Waals surface area contributed by atoms with Gasteiger partial charge in [0.2, 0.25) is 5.82 Å². The molecule has 1 atom stereocenters. The van der Waals surface area contributed by atoms with Gasteiger partial charge in [0.05, 0.1) is 24.7 Å². The summed E-state index contributed by atoms with van der Waals surface area (Å²) in [6.45, 7) is 3.48. The summed E-state index contributed by atoms with van der Waals surface area (Å²) in [6.07, 6.45) is 5.42. The van der Waals surface area contributed by atoms with Gasteiger partial charge in [-0.3, -0.25) is 4.57 Å². The van der Waals surface area contributed by atoms with Gasteiger partial charge in [0.1, 0.15) is 5.75 Å². The molecule has 2 aromatic heterocycles. The second-order valence-corrected chi connectivity index (χ2v) is 7.33. The van der Waals surface area contributed by atoms with Crippen LogP contribution in [0.15, 0.2) is 52.2 Å². The molecule has 27 heavy (non-hydrogen) atoms. The van der Waals surface area contributed by atoms with Crippen LogP contribution >= 0.6 is 11.8 Å². The van der Waals surface area contributed by atoms with Gasteiger partial charge >= 0.3 is 0 Å². The molecule has 0 spiro atoms. The van der Waals surface area contributed by atoms with E-state index in [-0.39, 0.29) is 6.10 Å². The van der Waals surface area contributed by atoms with Crippen LogP contribution in [-0.4, -0.2) is 39.8 Å². The minimum atomic E-state index is 0.279. The van der Waals surface area contributed by atoms with E-state index < -0.39 is 0 Å². The van der Waals surface area contributed by atoms with Gasteiger partial charge in [-0.15, -0.1) is 10.2 Å². The number of rotatable bonds is 7. The molecule has 3 heterocycles. The normalized spacial score (nSPS) is 17.1. The minimum Gasteiger partial charge on any atom is -0.494 e. The van der Waals surface area contributed by atoms with Crippen molar-refractivity contribution in [1.29, 1.82) is 0 Å². The lowest BCUT2D eigenvalue weighted by Crippen LogP contribution is -2.21. The van der Waals surface area contributed by atoms with Gasteiger partial charge in [-0.05, 0) is 62.6 Å². The van der Waals surface area contributed by atoms with E-state index in [1.54, 1.807) is 18.0 Å². The highest BCUT2D eigenvalue weighted by Crippen LogP contribution is 2.30. The van der Waals surface area contributed by atoms with E-state index in [1.165, 1.54) is 6.42 Å². The summed E-state index contributed by atoms with van der Waals surface area (Å²) in [4.78, 5) is 0. The van der Waals surface area contributed by atoms with Crippen molar-refractivity contribution < 1.29 is 13.9 Å². The predicted octanol–water partition coefficient (Wildman–Crippen LogP) is 4.59. The number of hydrogen-bond acceptors (Lipinski definition) is 6.